The van der Waals surface area contributed by atoms with Crippen LogP contribution >= 0.6 is 0 Å². The highest BCUT2D eigenvalue weighted by Crippen LogP contribution is 2.10. The van der Waals surface area contributed by atoms with E-state index >= 15 is 0 Å². The summed E-state index contributed by atoms with van der Waals surface area (Å²) < 4.78 is 0. The molecule has 6 heteroatoms. The lowest BCUT2D eigenvalue weighted by Crippen LogP contribution is -2.56. The molecule has 1 fully saturated rings. The van der Waals surface area contributed by atoms with Gasteiger partial charge in [-0.1, -0.05) is 13.3 Å². The number of carbonyl (C=O) groups excluding carboxylic acids is 1. The number of nitrogens with zero attached hydrogens (tertiary/aromatic N) is 2. The second-order valence-corrected chi connectivity index (χ2v) is 5.36. The summed E-state index contributed by atoms with van der Waals surface area (Å²) in [6, 6.07) is 0.114. The first-order valence-corrected chi connectivity index (χ1v) is 6.88. The summed E-state index contributed by atoms with van der Waals surface area (Å²) in [4.78, 5) is 26.8. The van der Waals surface area contributed by atoms with Gasteiger partial charge in [0.25, 0.3) is 0 Å². The molecular formula is C13H25N3O3. The van der Waals surface area contributed by atoms with Crippen molar-refractivity contribution in [2.75, 3.05) is 33.2 Å². The second-order valence-electron chi connectivity index (χ2n) is 5.36. The van der Waals surface area contributed by atoms with Crippen LogP contribution in [0.2, 0.25) is 0 Å². The molecule has 0 aliphatic carbocycles. The Labute approximate surface area is 114 Å². The molecule has 1 saturated heterocycles. The fraction of sp³-hybridized carbons (Fsp3) is 0.846. The summed E-state index contributed by atoms with van der Waals surface area (Å²) in [7, 11) is 2.05. The Bertz CT molecular complexity index is 322. The third-order valence-electron chi connectivity index (χ3n) is 3.67. The number of carboxylic acids is 1. The van der Waals surface area contributed by atoms with E-state index in [2.05, 4.69) is 10.2 Å². The van der Waals surface area contributed by atoms with Crippen LogP contribution in [0, 0.1) is 5.92 Å². The fourth-order valence-electron chi connectivity index (χ4n) is 2.38. The van der Waals surface area contributed by atoms with Gasteiger partial charge < -0.3 is 20.2 Å². The highest BCUT2D eigenvalue weighted by atomic mass is 16.4. The van der Waals surface area contributed by atoms with Crippen LogP contribution in [0.1, 0.15) is 26.7 Å². The van der Waals surface area contributed by atoms with Crippen molar-refractivity contribution in [1.29, 1.82) is 0 Å². The summed E-state index contributed by atoms with van der Waals surface area (Å²) in [5.41, 5.74) is 0. The number of hydrogen-bond donors (Lipinski definition) is 2. The number of rotatable bonds is 5. The zero-order valence-electron chi connectivity index (χ0n) is 12.1. The normalized spacial score (nSPS) is 22.1. The molecule has 0 radical (unpaired) electrons. The Balaban J connectivity index is 2.39. The predicted octanol–water partition coefficient (Wildman–Crippen LogP) is 0.833. The van der Waals surface area contributed by atoms with Gasteiger partial charge in [0.1, 0.15) is 0 Å². The molecule has 2 atom stereocenters. The van der Waals surface area contributed by atoms with Crippen LogP contribution in [0.25, 0.3) is 0 Å². The zero-order valence-corrected chi connectivity index (χ0v) is 12.1. The molecule has 0 bridgehead atoms. The van der Waals surface area contributed by atoms with E-state index in [-0.39, 0.29) is 24.4 Å². The van der Waals surface area contributed by atoms with Crippen LogP contribution in [0.15, 0.2) is 0 Å². The lowest BCUT2D eigenvalue weighted by atomic mass is 10.0. The molecule has 1 rings (SSSR count). The minimum Gasteiger partial charge on any atom is -0.481 e. The van der Waals surface area contributed by atoms with E-state index in [4.69, 9.17) is 5.11 Å². The number of piperazine rings is 1. The van der Waals surface area contributed by atoms with Gasteiger partial charge in [0, 0.05) is 38.6 Å². The van der Waals surface area contributed by atoms with Crippen LogP contribution in [-0.4, -0.2) is 66.2 Å². The Morgan fingerprint density at radius 2 is 2.11 bits per heavy atom. The van der Waals surface area contributed by atoms with E-state index in [1.807, 2.05) is 25.8 Å². The van der Waals surface area contributed by atoms with Crippen molar-refractivity contribution in [2.24, 2.45) is 5.92 Å². The van der Waals surface area contributed by atoms with Gasteiger partial charge >= 0.3 is 12.0 Å². The second kappa shape index (κ2) is 7.33. The molecule has 2 N–H and O–H groups in total. The SMILES string of the molecule is CCC(CNC(=O)N1CCN(C)CC1C)CC(=O)O. The molecule has 2 amide bonds. The molecule has 19 heavy (non-hydrogen) atoms. The van der Waals surface area contributed by atoms with Crippen LogP contribution in [-0.2, 0) is 4.79 Å². The first-order valence-electron chi connectivity index (χ1n) is 6.88. The molecule has 1 heterocycles. The highest BCUT2D eigenvalue weighted by molar-refractivity contribution is 5.74. The summed E-state index contributed by atoms with van der Waals surface area (Å²) in [5, 5.41) is 11.6. The number of hydrogen-bond acceptors (Lipinski definition) is 3. The van der Waals surface area contributed by atoms with E-state index in [9.17, 15) is 9.59 Å². The molecular weight excluding hydrogens is 246 g/mol. The lowest BCUT2D eigenvalue weighted by molar-refractivity contribution is -0.138. The summed E-state index contributed by atoms with van der Waals surface area (Å²) in [6.45, 7) is 6.88. The minimum atomic E-state index is -0.811. The molecule has 0 saturated carbocycles. The Hall–Kier alpha value is -1.30. The largest absolute Gasteiger partial charge is 0.481 e. The Kier molecular flexibility index (Phi) is 6.08. The van der Waals surface area contributed by atoms with E-state index in [1.165, 1.54) is 0 Å². The first-order chi connectivity index (χ1) is 8.93. The maximum atomic E-state index is 12.1. The molecule has 6 nitrogen and oxygen atoms in total. The molecule has 0 spiro atoms. The summed E-state index contributed by atoms with van der Waals surface area (Å²) in [6.07, 6.45) is 0.861. The maximum Gasteiger partial charge on any atom is 0.317 e. The van der Waals surface area contributed by atoms with E-state index in [0.29, 0.717) is 6.54 Å². The third-order valence-corrected chi connectivity index (χ3v) is 3.67. The zero-order chi connectivity index (χ0) is 14.4. The lowest BCUT2D eigenvalue weighted by Gasteiger charge is -2.38. The first kappa shape index (κ1) is 15.8. The molecule has 1 aliphatic rings. The van der Waals surface area contributed by atoms with Gasteiger partial charge in [-0.25, -0.2) is 4.79 Å². The van der Waals surface area contributed by atoms with Gasteiger partial charge in [-0.3, -0.25) is 4.79 Å². The van der Waals surface area contributed by atoms with E-state index in [0.717, 1.165) is 26.1 Å². The maximum absolute atomic E-state index is 12.1. The van der Waals surface area contributed by atoms with Gasteiger partial charge in [-0.2, -0.15) is 0 Å². The topological polar surface area (TPSA) is 72.9 Å². The van der Waals surface area contributed by atoms with Crippen LogP contribution in [0.3, 0.4) is 0 Å². The number of carboxylic acid groups (broad SMARTS) is 1. The molecule has 0 aromatic carbocycles. The Morgan fingerprint density at radius 3 is 2.63 bits per heavy atom. The van der Waals surface area contributed by atoms with Crippen LogP contribution < -0.4 is 5.32 Å². The van der Waals surface area contributed by atoms with Crippen molar-refractivity contribution in [2.45, 2.75) is 32.7 Å². The quantitative estimate of drug-likeness (QED) is 0.777. The van der Waals surface area contributed by atoms with E-state index < -0.39 is 5.97 Å². The predicted molar refractivity (Wildman–Crippen MR) is 73.1 cm³/mol. The average Bonchev–Trinajstić information content (AvgIpc) is 2.33. The molecule has 2 unspecified atom stereocenters. The fourth-order valence-corrected chi connectivity index (χ4v) is 2.38. The smallest absolute Gasteiger partial charge is 0.317 e. The van der Waals surface area contributed by atoms with Crippen molar-refractivity contribution in [3.8, 4) is 0 Å². The van der Waals surface area contributed by atoms with Crippen molar-refractivity contribution in [1.82, 2.24) is 15.1 Å². The van der Waals surface area contributed by atoms with E-state index in [1.54, 1.807) is 0 Å². The van der Waals surface area contributed by atoms with Crippen molar-refractivity contribution < 1.29 is 14.7 Å². The monoisotopic (exact) mass is 271 g/mol. The number of nitrogens with one attached hydrogen (secondary N) is 1. The third kappa shape index (κ3) is 5.06. The number of likely N-dealkylation sites (N-methyl/N-ethyl adjacent to an activating group) is 1. The van der Waals surface area contributed by atoms with Gasteiger partial charge in [-0.15, -0.1) is 0 Å². The van der Waals surface area contributed by atoms with Gasteiger partial charge in [0.05, 0.1) is 0 Å². The number of amides is 2. The van der Waals surface area contributed by atoms with Crippen molar-refractivity contribution in [3.63, 3.8) is 0 Å². The highest BCUT2D eigenvalue weighted by Gasteiger charge is 2.25. The van der Waals surface area contributed by atoms with Crippen molar-refractivity contribution >= 4 is 12.0 Å². The van der Waals surface area contributed by atoms with Crippen molar-refractivity contribution in [3.05, 3.63) is 0 Å². The summed E-state index contributed by atoms with van der Waals surface area (Å²) in [5.74, 6) is -0.807. The molecule has 0 aromatic rings. The minimum absolute atomic E-state index is 0.00391. The van der Waals surface area contributed by atoms with Gasteiger partial charge in [0.15, 0.2) is 0 Å². The average molecular weight is 271 g/mol. The summed E-state index contributed by atoms with van der Waals surface area (Å²) >= 11 is 0. The Morgan fingerprint density at radius 1 is 1.42 bits per heavy atom. The molecule has 110 valence electrons. The van der Waals surface area contributed by atoms with Gasteiger partial charge in [-0.05, 0) is 19.9 Å². The van der Waals surface area contributed by atoms with Crippen LogP contribution in [0.4, 0.5) is 4.79 Å². The number of carbonyl (C=O) groups is 2. The number of aliphatic carboxylic acids is 1. The molecule has 0 aromatic heterocycles. The van der Waals surface area contributed by atoms with Crippen LogP contribution in [0.5, 0.6) is 0 Å². The number of urea groups is 1. The van der Waals surface area contributed by atoms with Gasteiger partial charge in [0.2, 0.25) is 0 Å². The molecule has 1 aliphatic heterocycles. The standard InChI is InChI=1S/C13H25N3O3/c1-4-11(7-12(17)18)8-14-13(19)16-6-5-15(3)9-10(16)2/h10-11H,4-9H2,1-3H3,(H,14,19)(H,17,18).